The molecule has 0 atom stereocenters. The van der Waals surface area contributed by atoms with Crippen molar-refractivity contribution in [1.82, 2.24) is 20.3 Å². The fourth-order valence-corrected chi connectivity index (χ4v) is 2.30. The average Bonchev–Trinajstić information content (AvgIpc) is 3.10. The van der Waals surface area contributed by atoms with Crippen LogP contribution in [0.15, 0.2) is 54.7 Å². The monoisotopic (exact) mass is 323 g/mol. The lowest BCUT2D eigenvalue weighted by Crippen LogP contribution is -2.11. The van der Waals surface area contributed by atoms with Crippen molar-refractivity contribution < 1.29 is 4.74 Å². The molecule has 0 unspecified atom stereocenters. The number of anilines is 2. The number of nitrogens with zero attached hydrogens (tertiary/aromatic N) is 3. The maximum Gasteiger partial charge on any atom is 0.119 e. The Morgan fingerprint density at radius 1 is 1.00 bits per heavy atom. The third-order valence-electron chi connectivity index (χ3n) is 3.61. The molecule has 3 rings (SSSR count). The van der Waals surface area contributed by atoms with Crippen molar-refractivity contribution in [2.75, 3.05) is 19.0 Å². The Morgan fingerprint density at radius 2 is 1.67 bits per heavy atom. The summed E-state index contributed by atoms with van der Waals surface area (Å²) in [4.78, 5) is 0. The lowest BCUT2D eigenvalue weighted by atomic mass is 10.2. The number of methoxy groups -OCH3 is 1. The minimum Gasteiger partial charge on any atom is -0.497 e. The molecular formula is C18H21N5O. The highest BCUT2D eigenvalue weighted by Crippen LogP contribution is 2.21. The van der Waals surface area contributed by atoms with Crippen molar-refractivity contribution in [2.45, 2.75) is 13.5 Å². The van der Waals surface area contributed by atoms with Gasteiger partial charge >= 0.3 is 0 Å². The second-order valence-corrected chi connectivity index (χ2v) is 5.34. The van der Waals surface area contributed by atoms with Crippen LogP contribution in [-0.4, -0.2) is 28.6 Å². The molecular weight excluding hydrogens is 302 g/mol. The molecule has 3 aromatic rings. The first-order valence-corrected chi connectivity index (χ1v) is 7.92. The molecule has 24 heavy (non-hydrogen) atoms. The van der Waals surface area contributed by atoms with E-state index < -0.39 is 0 Å². The van der Waals surface area contributed by atoms with Crippen LogP contribution in [0.1, 0.15) is 12.6 Å². The summed E-state index contributed by atoms with van der Waals surface area (Å²) in [5.74, 6) is 0.843. The van der Waals surface area contributed by atoms with Crippen LogP contribution in [-0.2, 0) is 6.54 Å². The zero-order valence-electron chi connectivity index (χ0n) is 13.9. The third kappa shape index (κ3) is 3.91. The highest BCUT2D eigenvalue weighted by Gasteiger charge is 2.03. The lowest BCUT2D eigenvalue weighted by molar-refractivity contribution is 0.415. The summed E-state index contributed by atoms with van der Waals surface area (Å²) in [6.07, 6.45) is 1.94. The van der Waals surface area contributed by atoms with Gasteiger partial charge in [-0.2, -0.15) is 0 Å². The third-order valence-corrected chi connectivity index (χ3v) is 3.61. The highest BCUT2D eigenvalue weighted by molar-refractivity contribution is 5.61. The molecule has 124 valence electrons. The molecule has 2 N–H and O–H groups in total. The van der Waals surface area contributed by atoms with Gasteiger partial charge in [0.05, 0.1) is 24.7 Å². The van der Waals surface area contributed by atoms with Gasteiger partial charge in [-0.25, -0.2) is 4.68 Å². The Balaban J connectivity index is 1.67. The topological polar surface area (TPSA) is 64.0 Å². The van der Waals surface area contributed by atoms with Crippen LogP contribution < -0.4 is 15.4 Å². The molecule has 2 aromatic carbocycles. The van der Waals surface area contributed by atoms with Gasteiger partial charge in [-0.1, -0.05) is 12.1 Å². The molecule has 0 amide bonds. The van der Waals surface area contributed by atoms with E-state index in [0.717, 1.165) is 41.6 Å². The van der Waals surface area contributed by atoms with E-state index in [2.05, 4.69) is 27.9 Å². The van der Waals surface area contributed by atoms with E-state index in [1.165, 1.54) is 0 Å². The summed E-state index contributed by atoms with van der Waals surface area (Å²) >= 11 is 0. The molecule has 1 aromatic heterocycles. The molecule has 0 aliphatic rings. The van der Waals surface area contributed by atoms with E-state index in [-0.39, 0.29) is 0 Å². The van der Waals surface area contributed by atoms with Crippen LogP contribution in [0.3, 0.4) is 0 Å². The fourth-order valence-electron chi connectivity index (χ4n) is 2.30. The van der Waals surface area contributed by atoms with Gasteiger partial charge < -0.3 is 15.4 Å². The quantitative estimate of drug-likeness (QED) is 0.699. The number of ether oxygens (including phenoxy) is 1. The van der Waals surface area contributed by atoms with Crippen LogP contribution in [0.5, 0.6) is 5.75 Å². The number of hydrogen-bond donors (Lipinski definition) is 2. The van der Waals surface area contributed by atoms with Crippen molar-refractivity contribution >= 4 is 11.4 Å². The second kappa shape index (κ2) is 7.61. The number of benzene rings is 2. The molecule has 6 nitrogen and oxygen atoms in total. The Labute approximate surface area is 141 Å². The first-order valence-electron chi connectivity index (χ1n) is 7.92. The molecule has 0 bridgehead atoms. The normalized spacial score (nSPS) is 10.6. The van der Waals surface area contributed by atoms with Gasteiger partial charge in [0.15, 0.2) is 0 Å². The van der Waals surface area contributed by atoms with Gasteiger partial charge in [-0.3, -0.25) is 0 Å². The Hall–Kier alpha value is -2.86. The van der Waals surface area contributed by atoms with Crippen molar-refractivity contribution in [3.63, 3.8) is 0 Å². The number of nitrogens with one attached hydrogen (secondary N) is 2. The van der Waals surface area contributed by atoms with Crippen LogP contribution >= 0.6 is 0 Å². The largest absolute Gasteiger partial charge is 0.497 e. The van der Waals surface area contributed by atoms with Gasteiger partial charge in [0, 0.05) is 17.9 Å². The molecule has 6 heteroatoms. The lowest BCUT2D eigenvalue weighted by Gasteiger charge is -2.08. The summed E-state index contributed by atoms with van der Waals surface area (Å²) in [5, 5.41) is 14.9. The smallest absolute Gasteiger partial charge is 0.119 e. The van der Waals surface area contributed by atoms with Crippen LogP contribution in [0.25, 0.3) is 5.69 Å². The summed E-state index contributed by atoms with van der Waals surface area (Å²) in [6.45, 7) is 3.71. The zero-order chi connectivity index (χ0) is 16.8. The van der Waals surface area contributed by atoms with E-state index in [4.69, 9.17) is 4.74 Å². The van der Waals surface area contributed by atoms with Gasteiger partial charge in [0.25, 0.3) is 0 Å². The predicted molar refractivity (Wildman–Crippen MR) is 95.0 cm³/mol. The van der Waals surface area contributed by atoms with Crippen molar-refractivity contribution in [3.05, 3.63) is 60.4 Å². The summed E-state index contributed by atoms with van der Waals surface area (Å²) in [6, 6.07) is 15.9. The van der Waals surface area contributed by atoms with Crippen LogP contribution in [0.4, 0.5) is 11.4 Å². The second-order valence-electron chi connectivity index (χ2n) is 5.34. The summed E-state index contributed by atoms with van der Waals surface area (Å²) in [7, 11) is 1.66. The molecule has 0 radical (unpaired) electrons. The highest BCUT2D eigenvalue weighted by atomic mass is 16.5. The minimum atomic E-state index is 0.730. The van der Waals surface area contributed by atoms with Gasteiger partial charge in [-0.15, -0.1) is 5.10 Å². The number of rotatable bonds is 7. The van der Waals surface area contributed by atoms with Gasteiger partial charge in [0.1, 0.15) is 5.75 Å². The van der Waals surface area contributed by atoms with E-state index in [1.54, 1.807) is 11.8 Å². The van der Waals surface area contributed by atoms with Gasteiger partial charge in [0.2, 0.25) is 0 Å². The standard InChI is InChI=1S/C18H21N5O/c1-3-19-12-16-13-23(22-21-16)17-8-4-14(5-9-17)20-15-6-10-18(24-2)11-7-15/h4-11,13,19-20H,3,12H2,1-2H3. The predicted octanol–water partition coefficient (Wildman–Crippen LogP) is 3.13. The molecule has 0 saturated heterocycles. The maximum absolute atomic E-state index is 5.16. The first-order chi connectivity index (χ1) is 11.8. The van der Waals surface area contributed by atoms with Crippen LogP contribution in [0.2, 0.25) is 0 Å². The van der Waals surface area contributed by atoms with E-state index in [0.29, 0.717) is 0 Å². The van der Waals surface area contributed by atoms with E-state index in [1.807, 2.05) is 54.7 Å². The molecule has 0 spiro atoms. The minimum absolute atomic E-state index is 0.730. The molecule has 0 aliphatic heterocycles. The molecule has 0 fully saturated rings. The van der Waals surface area contributed by atoms with E-state index >= 15 is 0 Å². The Morgan fingerprint density at radius 3 is 2.29 bits per heavy atom. The zero-order valence-corrected chi connectivity index (χ0v) is 13.9. The average molecular weight is 323 g/mol. The van der Waals surface area contributed by atoms with Crippen molar-refractivity contribution in [2.24, 2.45) is 0 Å². The van der Waals surface area contributed by atoms with Crippen LogP contribution in [0, 0.1) is 0 Å². The Bertz CT molecular complexity index is 765. The SMILES string of the molecule is CCNCc1cn(-c2ccc(Nc3ccc(OC)cc3)cc2)nn1. The number of aromatic nitrogens is 3. The van der Waals surface area contributed by atoms with Crippen molar-refractivity contribution in [1.29, 1.82) is 0 Å². The Kier molecular flexibility index (Phi) is 5.08. The first kappa shape index (κ1) is 16.0. The number of hydrogen-bond acceptors (Lipinski definition) is 5. The van der Waals surface area contributed by atoms with Gasteiger partial charge in [-0.05, 0) is 55.1 Å². The maximum atomic E-state index is 5.16. The summed E-state index contributed by atoms with van der Waals surface area (Å²) < 4.78 is 6.94. The molecule has 0 aliphatic carbocycles. The van der Waals surface area contributed by atoms with E-state index in [9.17, 15) is 0 Å². The molecule has 1 heterocycles. The van der Waals surface area contributed by atoms with Crippen molar-refractivity contribution in [3.8, 4) is 11.4 Å². The summed E-state index contributed by atoms with van der Waals surface area (Å²) in [5.41, 5.74) is 3.93. The molecule has 0 saturated carbocycles. The fraction of sp³-hybridized carbons (Fsp3) is 0.222.